The van der Waals surface area contributed by atoms with Crippen molar-refractivity contribution in [1.29, 1.82) is 0 Å². The fourth-order valence-corrected chi connectivity index (χ4v) is 5.28. The van der Waals surface area contributed by atoms with Crippen LogP contribution in [0.4, 0.5) is 5.69 Å². The van der Waals surface area contributed by atoms with Gasteiger partial charge in [0, 0.05) is 5.02 Å². The van der Waals surface area contributed by atoms with Crippen molar-refractivity contribution in [2.24, 2.45) is 5.10 Å². The van der Waals surface area contributed by atoms with Gasteiger partial charge in [-0.1, -0.05) is 54.1 Å². The van der Waals surface area contributed by atoms with Gasteiger partial charge in [-0.3, -0.25) is 9.10 Å². The third kappa shape index (κ3) is 7.62. The summed E-state index contributed by atoms with van der Waals surface area (Å²) in [7, 11) is -4.08. The minimum absolute atomic E-state index is 0.0518. The van der Waals surface area contributed by atoms with Crippen molar-refractivity contribution in [3.05, 3.63) is 119 Å². The van der Waals surface area contributed by atoms with Crippen LogP contribution in [0.15, 0.2) is 113 Å². The van der Waals surface area contributed by atoms with E-state index >= 15 is 0 Å². The molecular formula is C30H28ClN3O5S. The average molecular weight is 578 g/mol. The number of para-hydroxylation sites is 2. The molecule has 1 N–H and O–H groups in total. The molecule has 4 rings (SSSR count). The van der Waals surface area contributed by atoms with E-state index in [9.17, 15) is 13.2 Å². The highest BCUT2D eigenvalue weighted by molar-refractivity contribution is 7.92. The first-order chi connectivity index (χ1) is 19.4. The topological polar surface area (TPSA) is 97.3 Å². The second-order valence-corrected chi connectivity index (χ2v) is 10.8. The van der Waals surface area contributed by atoms with E-state index in [1.807, 2.05) is 24.3 Å². The summed E-state index contributed by atoms with van der Waals surface area (Å²) in [6.07, 6.45) is 1.46. The molecule has 0 atom stereocenters. The van der Waals surface area contributed by atoms with Crippen LogP contribution in [-0.2, 0) is 21.4 Å². The highest BCUT2D eigenvalue weighted by Crippen LogP contribution is 2.32. The Kier molecular flexibility index (Phi) is 9.77. The fraction of sp³-hybridized carbons (Fsp3) is 0.133. The molecule has 0 fully saturated rings. The molecule has 0 aliphatic rings. The molecule has 0 saturated carbocycles. The Balaban J connectivity index is 1.43. The predicted molar refractivity (Wildman–Crippen MR) is 157 cm³/mol. The Morgan fingerprint density at radius 3 is 2.27 bits per heavy atom. The van der Waals surface area contributed by atoms with Crippen LogP contribution in [0, 0.1) is 0 Å². The van der Waals surface area contributed by atoms with Crippen molar-refractivity contribution in [1.82, 2.24) is 5.43 Å². The van der Waals surface area contributed by atoms with Crippen LogP contribution in [0.3, 0.4) is 0 Å². The molecule has 4 aromatic carbocycles. The van der Waals surface area contributed by atoms with Gasteiger partial charge in [0.1, 0.15) is 24.7 Å². The van der Waals surface area contributed by atoms with Gasteiger partial charge in [0.05, 0.1) is 23.4 Å². The lowest BCUT2D eigenvalue weighted by Crippen LogP contribution is -2.39. The van der Waals surface area contributed by atoms with Gasteiger partial charge in [-0.05, 0) is 78.7 Å². The maximum absolute atomic E-state index is 13.5. The van der Waals surface area contributed by atoms with Crippen molar-refractivity contribution in [2.45, 2.75) is 18.4 Å². The summed E-state index contributed by atoms with van der Waals surface area (Å²) >= 11 is 5.91. The molecule has 4 aromatic rings. The minimum Gasteiger partial charge on any atom is -0.492 e. The van der Waals surface area contributed by atoms with Gasteiger partial charge in [0.15, 0.2) is 0 Å². The molecule has 206 valence electrons. The number of anilines is 1. The number of nitrogens with zero attached hydrogens (tertiary/aromatic N) is 2. The maximum Gasteiger partial charge on any atom is 0.264 e. The molecule has 0 bridgehead atoms. The average Bonchev–Trinajstić information content (AvgIpc) is 2.97. The van der Waals surface area contributed by atoms with Gasteiger partial charge in [-0.15, -0.1) is 0 Å². The lowest BCUT2D eigenvalue weighted by Gasteiger charge is -2.25. The first kappa shape index (κ1) is 28.7. The highest BCUT2D eigenvalue weighted by atomic mass is 35.5. The van der Waals surface area contributed by atoms with E-state index in [-0.39, 0.29) is 10.6 Å². The zero-order chi connectivity index (χ0) is 28.4. The maximum atomic E-state index is 13.5. The number of hydrazone groups is 1. The van der Waals surface area contributed by atoms with Crippen LogP contribution >= 0.6 is 11.6 Å². The van der Waals surface area contributed by atoms with Crippen LogP contribution in [0.25, 0.3) is 0 Å². The Bertz CT molecular complexity index is 1540. The third-order valence-corrected chi connectivity index (χ3v) is 7.68. The molecule has 0 aliphatic carbocycles. The summed E-state index contributed by atoms with van der Waals surface area (Å²) in [4.78, 5) is 12.9. The quantitative estimate of drug-likeness (QED) is 0.173. The summed E-state index contributed by atoms with van der Waals surface area (Å²) in [5.41, 5.74) is 4.37. The molecule has 1 amide bonds. The first-order valence-electron chi connectivity index (χ1n) is 12.5. The van der Waals surface area contributed by atoms with Gasteiger partial charge in [-0.25, -0.2) is 13.8 Å². The number of rotatable bonds is 12. The standard InChI is InChI=1S/C30H28ClN3O5S/c1-2-38-29-11-7-6-10-28(29)34(40(36,37)27-8-4-3-5-9-27)21-30(35)33-32-20-23-14-18-26(19-15-23)39-22-24-12-16-25(31)17-13-24/h3-20H,2,21-22H2,1H3,(H,33,35)/b32-20-. The van der Waals surface area contributed by atoms with E-state index in [1.165, 1.54) is 18.3 Å². The van der Waals surface area contributed by atoms with Crippen LogP contribution in [-0.4, -0.2) is 33.7 Å². The second kappa shape index (κ2) is 13.6. The highest BCUT2D eigenvalue weighted by Gasteiger charge is 2.29. The monoisotopic (exact) mass is 577 g/mol. The molecule has 0 aliphatic heterocycles. The van der Waals surface area contributed by atoms with Crippen LogP contribution < -0.4 is 19.2 Å². The van der Waals surface area contributed by atoms with E-state index in [2.05, 4.69) is 10.5 Å². The Morgan fingerprint density at radius 1 is 0.900 bits per heavy atom. The normalized spacial score (nSPS) is 11.2. The van der Waals surface area contributed by atoms with Crippen molar-refractivity contribution < 1.29 is 22.7 Å². The molecule has 0 saturated heterocycles. The summed E-state index contributed by atoms with van der Waals surface area (Å²) in [6.45, 7) is 2.02. The van der Waals surface area contributed by atoms with Gasteiger partial charge in [0.25, 0.3) is 15.9 Å². The summed E-state index contributed by atoms with van der Waals surface area (Å²) in [6, 6.07) is 29.2. The molecule has 8 nitrogen and oxygen atoms in total. The summed E-state index contributed by atoms with van der Waals surface area (Å²) in [5, 5.41) is 4.67. The second-order valence-electron chi connectivity index (χ2n) is 8.50. The molecule has 0 spiro atoms. The number of hydrogen-bond donors (Lipinski definition) is 1. The van der Waals surface area contributed by atoms with E-state index in [0.717, 1.165) is 15.4 Å². The predicted octanol–water partition coefficient (Wildman–Crippen LogP) is 5.66. The summed E-state index contributed by atoms with van der Waals surface area (Å²) in [5.74, 6) is 0.398. The number of sulfonamides is 1. The van der Waals surface area contributed by atoms with E-state index in [1.54, 1.807) is 73.7 Å². The number of benzene rings is 4. The number of amides is 1. The number of ether oxygens (including phenoxy) is 2. The lowest BCUT2D eigenvalue weighted by atomic mass is 10.2. The number of halogens is 1. The van der Waals surface area contributed by atoms with E-state index < -0.39 is 22.5 Å². The molecule has 0 heterocycles. The smallest absolute Gasteiger partial charge is 0.264 e. The van der Waals surface area contributed by atoms with Crippen molar-refractivity contribution in [3.63, 3.8) is 0 Å². The van der Waals surface area contributed by atoms with Crippen LogP contribution in [0.5, 0.6) is 11.5 Å². The van der Waals surface area contributed by atoms with Crippen molar-refractivity contribution >= 4 is 39.4 Å². The van der Waals surface area contributed by atoms with Gasteiger partial charge >= 0.3 is 0 Å². The third-order valence-electron chi connectivity index (χ3n) is 5.65. The molecular weight excluding hydrogens is 550 g/mol. The zero-order valence-electron chi connectivity index (χ0n) is 21.7. The van der Waals surface area contributed by atoms with Crippen LogP contribution in [0.1, 0.15) is 18.1 Å². The summed E-state index contributed by atoms with van der Waals surface area (Å²) < 4.78 is 39.5. The lowest BCUT2D eigenvalue weighted by molar-refractivity contribution is -0.119. The number of carbonyl (C=O) groups is 1. The van der Waals surface area contributed by atoms with Crippen molar-refractivity contribution in [3.8, 4) is 11.5 Å². The number of hydrogen-bond acceptors (Lipinski definition) is 6. The largest absolute Gasteiger partial charge is 0.492 e. The number of nitrogens with one attached hydrogen (secondary N) is 1. The first-order valence-corrected chi connectivity index (χ1v) is 14.3. The Morgan fingerprint density at radius 2 is 1.57 bits per heavy atom. The van der Waals surface area contributed by atoms with E-state index in [0.29, 0.717) is 29.7 Å². The van der Waals surface area contributed by atoms with E-state index in [4.69, 9.17) is 21.1 Å². The SMILES string of the molecule is CCOc1ccccc1N(CC(=O)N/N=C\c1ccc(OCc2ccc(Cl)cc2)cc1)S(=O)(=O)c1ccccc1. The molecule has 10 heteroatoms. The fourth-order valence-electron chi connectivity index (χ4n) is 3.70. The minimum atomic E-state index is -4.08. The Hall–Kier alpha value is -4.34. The zero-order valence-corrected chi connectivity index (χ0v) is 23.3. The number of carbonyl (C=O) groups excluding carboxylic acids is 1. The molecule has 0 radical (unpaired) electrons. The van der Waals surface area contributed by atoms with Gasteiger partial charge in [-0.2, -0.15) is 5.10 Å². The molecule has 0 unspecified atom stereocenters. The molecule has 40 heavy (non-hydrogen) atoms. The van der Waals surface area contributed by atoms with Gasteiger partial charge in [0.2, 0.25) is 0 Å². The van der Waals surface area contributed by atoms with Crippen molar-refractivity contribution in [2.75, 3.05) is 17.5 Å². The van der Waals surface area contributed by atoms with Crippen LogP contribution in [0.2, 0.25) is 5.02 Å². The van der Waals surface area contributed by atoms with Gasteiger partial charge < -0.3 is 9.47 Å². The molecule has 0 aromatic heterocycles. The Labute approximate surface area is 238 Å².